The maximum absolute atomic E-state index is 13.5. The zero-order valence-electron chi connectivity index (χ0n) is 18.2. The summed E-state index contributed by atoms with van der Waals surface area (Å²) in [6.07, 6.45) is -0.0507. The molecule has 0 saturated heterocycles. The topological polar surface area (TPSA) is 122 Å². The van der Waals surface area contributed by atoms with Crippen LogP contribution in [-0.2, 0) is 31.4 Å². The molecule has 1 heterocycles. The van der Waals surface area contributed by atoms with Gasteiger partial charge in [-0.1, -0.05) is 42.5 Å². The summed E-state index contributed by atoms with van der Waals surface area (Å²) >= 11 is 0. The quantitative estimate of drug-likeness (QED) is 0.513. The number of rotatable bonds is 7. The number of carbonyl (C=O) groups excluding carboxylic acids is 1. The van der Waals surface area contributed by atoms with E-state index in [1.807, 2.05) is 30.3 Å². The van der Waals surface area contributed by atoms with Gasteiger partial charge in [0.25, 0.3) is 15.9 Å². The lowest BCUT2D eigenvalue weighted by Gasteiger charge is -2.34. The third-order valence-electron chi connectivity index (χ3n) is 5.08. The van der Waals surface area contributed by atoms with Crippen molar-refractivity contribution in [2.24, 2.45) is 0 Å². The van der Waals surface area contributed by atoms with E-state index in [0.29, 0.717) is 5.69 Å². The lowest BCUT2D eigenvalue weighted by Crippen LogP contribution is -2.50. The first-order chi connectivity index (χ1) is 16.1. The Balaban J connectivity index is 1.59. The smallest absolute Gasteiger partial charge is 0.264 e. The molecule has 1 atom stereocenters. The van der Waals surface area contributed by atoms with Gasteiger partial charge in [0.2, 0.25) is 10.0 Å². The van der Waals surface area contributed by atoms with E-state index in [9.17, 15) is 21.6 Å². The van der Waals surface area contributed by atoms with Gasteiger partial charge in [-0.15, -0.1) is 0 Å². The molecule has 0 spiro atoms. The fourth-order valence-electron chi connectivity index (χ4n) is 3.50. The highest BCUT2D eigenvalue weighted by Crippen LogP contribution is 2.37. The molecule has 9 nitrogen and oxygen atoms in total. The molecular formula is C23H23N3O6S2. The summed E-state index contributed by atoms with van der Waals surface area (Å²) in [7, 11) is -7.57. The van der Waals surface area contributed by atoms with Crippen molar-refractivity contribution in [1.82, 2.24) is 5.32 Å². The Morgan fingerprint density at radius 1 is 0.941 bits per heavy atom. The fraction of sp³-hybridized carbons (Fsp3) is 0.174. The van der Waals surface area contributed by atoms with Crippen LogP contribution in [0, 0.1) is 0 Å². The van der Waals surface area contributed by atoms with E-state index in [1.165, 1.54) is 24.3 Å². The van der Waals surface area contributed by atoms with Gasteiger partial charge in [0.05, 0.1) is 23.4 Å². The van der Waals surface area contributed by atoms with Crippen LogP contribution in [0.4, 0.5) is 11.4 Å². The second kappa shape index (κ2) is 9.35. The van der Waals surface area contributed by atoms with E-state index in [4.69, 9.17) is 4.74 Å². The zero-order valence-corrected chi connectivity index (χ0v) is 19.8. The number of hydrogen-bond acceptors (Lipinski definition) is 6. The van der Waals surface area contributed by atoms with Crippen molar-refractivity contribution in [3.8, 4) is 5.75 Å². The number of hydrogen-bond donors (Lipinski definition) is 2. The Hall–Kier alpha value is -3.57. The largest absolute Gasteiger partial charge is 0.476 e. The van der Waals surface area contributed by atoms with Crippen LogP contribution in [0.1, 0.15) is 5.56 Å². The molecule has 34 heavy (non-hydrogen) atoms. The Bertz CT molecular complexity index is 1390. The molecule has 2 N–H and O–H groups in total. The van der Waals surface area contributed by atoms with Crippen LogP contribution in [0.3, 0.4) is 0 Å². The molecule has 0 aliphatic carbocycles. The van der Waals surface area contributed by atoms with Crippen LogP contribution < -0.4 is 19.1 Å². The zero-order chi connectivity index (χ0) is 24.3. The second-order valence-corrected chi connectivity index (χ2v) is 11.3. The molecule has 3 aromatic carbocycles. The normalized spacial score (nSPS) is 15.7. The van der Waals surface area contributed by atoms with E-state index < -0.39 is 32.1 Å². The molecule has 1 aliphatic rings. The highest BCUT2D eigenvalue weighted by Gasteiger charge is 2.37. The Kier molecular flexibility index (Phi) is 6.49. The number of nitrogens with zero attached hydrogens (tertiary/aromatic N) is 1. The summed E-state index contributed by atoms with van der Waals surface area (Å²) in [5.41, 5.74) is 1.45. The highest BCUT2D eigenvalue weighted by atomic mass is 32.2. The molecular weight excluding hydrogens is 478 g/mol. The molecule has 178 valence electrons. The number of benzene rings is 3. The molecule has 4 rings (SSSR count). The van der Waals surface area contributed by atoms with Crippen LogP contribution in [0.25, 0.3) is 0 Å². The molecule has 3 aromatic rings. The number of fused-ring (bicyclic) bond motifs is 1. The van der Waals surface area contributed by atoms with E-state index in [1.54, 1.807) is 24.3 Å². The van der Waals surface area contributed by atoms with Crippen LogP contribution >= 0.6 is 0 Å². The minimum atomic E-state index is -4.07. The molecule has 1 amide bonds. The minimum Gasteiger partial charge on any atom is -0.476 e. The predicted octanol–water partition coefficient (Wildman–Crippen LogP) is 2.33. The van der Waals surface area contributed by atoms with Crippen LogP contribution in [-0.4, -0.2) is 41.6 Å². The van der Waals surface area contributed by atoms with E-state index in [0.717, 1.165) is 16.1 Å². The number of nitrogens with one attached hydrogen (secondary N) is 2. The standard InChI is InChI=1S/C23H23N3O6S2/c1-33(28,29)25-18-11-13-19(14-12-18)34(30,31)26-16-22(32-21-10-6-5-9-20(21)26)23(27)24-15-17-7-3-2-4-8-17/h2-14,22,25H,15-16H2,1H3,(H,24,27)/t22-/m0/s1. The van der Waals surface area contributed by atoms with Crippen molar-refractivity contribution in [1.29, 1.82) is 0 Å². The first-order valence-electron chi connectivity index (χ1n) is 10.3. The molecule has 1 aliphatic heterocycles. The monoisotopic (exact) mass is 501 g/mol. The number of ether oxygens (including phenoxy) is 1. The molecule has 11 heteroatoms. The number of anilines is 2. The number of para-hydroxylation sites is 2. The second-order valence-electron chi connectivity index (χ2n) is 7.71. The number of amides is 1. The van der Waals surface area contributed by atoms with Crippen LogP contribution in [0.5, 0.6) is 5.75 Å². The summed E-state index contributed by atoms with van der Waals surface area (Å²) in [5, 5.41) is 2.79. The lowest BCUT2D eigenvalue weighted by molar-refractivity contribution is -0.127. The van der Waals surface area contributed by atoms with Gasteiger partial charge in [0, 0.05) is 12.2 Å². The summed E-state index contributed by atoms with van der Waals surface area (Å²) < 4.78 is 59.1. The molecule has 0 bridgehead atoms. The third-order valence-corrected chi connectivity index (χ3v) is 7.48. The Morgan fingerprint density at radius 3 is 2.26 bits per heavy atom. The third kappa shape index (κ3) is 5.32. The highest BCUT2D eigenvalue weighted by molar-refractivity contribution is 7.93. The average molecular weight is 502 g/mol. The molecule has 0 radical (unpaired) electrons. The average Bonchev–Trinajstić information content (AvgIpc) is 2.81. The van der Waals surface area contributed by atoms with Gasteiger partial charge in [-0.25, -0.2) is 16.8 Å². The maximum atomic E-state index is 13.5. The summed E-state index contributed by atoms with van der Waals surface area (Å²) in [4.78, 5) is 12.8. The first-order valence-corrected chi connectivity index (χ1v) is 13.6. The first kappa shape index (κ1) is 23.6. The number of carbonyl (C=O) groups is 1. The van der Waals surface area contributed by atoms with Crippen molar-refractivity contribution in [3.63, 3.8) is 0 Å². The summed E-state index contributed by atoms with van der Waals surface area (Å²) in [6, 6.07) is 21.3. The van der Waals surface area contributed by atoms with E-state index >= 15 is 0 Å². The van der Waals surface area contributed by atoms with Crippen molar-refractivity contribution in [2.75, 3.05) is 21.8 Å². The summed E-state index contributed by atoms with van der Waals surface area (Å²) in [5.74, 6) is -0.168. The maximum Gasteiger partial charge on any atom is 0.264 e. The van der Waals surface area contributed by atoms with Gasteiger partial charge in [-0.2, -0.15) is 0 Å². The van der Waals surface area contributed by atoms with Gasteiger partial charge in [0.15, 0.2) is 6.10 Å². The van der Waals surface area contributed by atoms with Gasteiger partial charge < -0.3 is 10.1 Å². The van der Waals surface area contributed by atoms with Gasteiger partial charge in [-0.05, 0) is 42.0 Å². The van der Waals surface area contributed by atoms with Crippen molar-refractivity contribution < 1.29 is 26.4 Å². The predicted molar refractivity (Wildman–Crippen MR) is 129 cm³/mol. The minimum absolute atomic E-state index is 0.0494. The molecule has 0 saturated carbocycles. The molecule has 0 unspecified atom stereocenters. The lowest BCUT2D eigenvalue weighted by atomic mass is 10.2. The number of sulfonamides is 2. The van der Waals surface area contributed by atoms with Gasteiger partial charge >= 0.3 is 0 Å². The van der Waals surface area contributed by atoms with Crippen LogP contribution in [0.15, 0.2) is 83.8 Å². The van der Waals surface area contributed by atoms with Crippen molar-refractivity contribution in [3.05, 3.63) is 84.4 Å². The SMILES string of the molecule is CS(=O)(=O)Nc1ccc(S(=O)(=O)N2C[C@@H](C(=O)NCc3ccccc3)Oc3ccccc32)cc1. The van der Waals surface area contributed by atoms with Crippen LogP contribution in [0.2, 0.25) is 0 Å². The molecule has 0 fully saturated rings. The van der Waals surface area contributed by atoms with Crippen molar-refractivity contribution in [2.45, 2.75) is 17.5 Å². The van der Waals surface area contributed by atoms with E-state index in [2.05, 4.69) is 10.0 Å². The van der Waals surface area contributed by atoms with E-state index in [-0.39, 0.29) is 29.4 Å². The van der Waals surface area contributed by atoms with Crippen molar-refractivity contribution >= 4 is 37.3 Å². The molecule has 0 aromatic heterocycles. The fourth-order valence-corrected chi connectivity index (χ4v) is 5.54. The summed E-state index contributed by atoms with van der Waals surface area (Å²) in [6.45, 7) is 0.0615. The van der Waals surface area contributed by atoms with Gasteiger partial charge in [-0.3, -0.25) is 13.8 Å². The van der Waals surface area contributed by atoms with Gasteiger partial charge in [0.1, 0.15) is 5.75 Å². The Labute approximate surface area is 198 Å². The Morgan fingerprint density at radius 2 is 1.59 bits per heavy atom.